The Morgan fingerprint density at radius 3 is 3.00 bits per heavy atom. The van der Waals surface area contributed by atoms with E-state index in [9.17, 15) is 4.79 Å². The molecule has 5 unspecified atom stereocenters. The minimum atomic E-state index is 0.0975. The minimum absolute atomic E-state index is 0.0975. The molecule has 0 bridgehead atoms. The summed E-state index contributed by atoms with van der Waals surface area (Å²) in [5, 5.41) is 0. The molecule has 1 heterocycles. The zero-order valence-electron chi connectivity index (χ0n) is 8.03. The molecule has 0 N–H and O–H groups in total. The van der Waals surface area contributed by atoms with Crippen LogP contribution in [0.5, 0.6) is 0 Å². The molecular formula is C11H16O2. The Labute approximate surface area is 78.6 Å². The average molecular weight is 180 g/mol. The van der Waals surface area contributed by atoms with Crippen molar-refractivity contribution in [2.45, 2.75) is 26.2 Å². The molecule has 3 aliphatic rings. The van der Waals surface area contributed by atoms with Gasteiger partial charge in [-0.05, 0) is 24.2 Å². The van der Waals surface area contributed by atoms with Crippen molar-refractivity contribution in [2.24, 2.45) is 29.6 Å². The van der Waals surface area contributed by atoms with Gasteiger partial charge in [-0.3, -0.25) is 4.79 Å². The fraction of sp³-hybridized carbons (Fsp3) is 0.909. The third-order valence-electron chi connectivity index (χ3n) is 4.46. The lowest BCUT2D eigenvalue weighted by molar-refractivity contribution is -0.148. The third-order valence-corrected chi connectivity index (χ3v) is 4.46. The van der Waals surface area contributed by atoms with E-state index in [2.05, 4.69) is 6.92 Å². The Hall–Kier alpha value is -0.530. The van der Waals surface area contributed by atoms with E-state index >= 15 is 0 Å². The summed E-state index contributed by atoms with van der Waals surface area (Å²) in [5.74, 6) is 3.31. The summed E-state index contributed by atoms with van der Waals surface area (Å²) >= 11 is 0. The van der Waals surface area contributed by atoms with E-state index in [1.165, 1.54) is 19.3 Å². The molecule has 0 aromatic carbocycles. The van der Waals surface area contributed by atoms with Gasteiger partial charge >= 0.3 is 5.97 Å². The lowest BCUT2D eigenvalue weighted by Gasteiger charge is -2.52. The van der Waals surface area contributed by atoms with Gasteiger partial charge in [-0.2, -0.15) is 0 Å². The van der Waals surface area contributed by atoms with Crippen molar-refractivity contribution < 1.29 is 9.53 Å². The quantitative estimate of drug-likeness (QED) is 0.532. The smallest absolute Gasteiger partial charge is 0.309 e. The van der Waals surface area contributed by atoms with E-state index in [-0.39, 0.29) is 5.97 Å². The zero-order valence-corrected chi connectivity index (χ0v) is 8.03. The van der Waals surface area contributed by atoms with E-state index in [1.54, 1.807) is 0 Å². The summed E-state index contributed by atoms with van der Waals surface area (Å²) in [6.07, 6.45) is 3.95. The predicted octanol–water partition coefficient (Wildman–Crippen LogP) is 1.84. The van der Waals surface area contributed by atoms with Crippen LogP contribution < -0.4 is 0 Å². The van der Waals surface area contributed by atoms with Gasteiger partial charge in [-0.1, -0.05) is 19.8 Å². The van der Waals surface area contributed by atoms with Crippen molar-refractivity contribution >= 4 is 5.97 Å². The first-order chi connectivity index (χ1) is 6.29. The Morgan fingerprint density at radius 2 is 2.15 bits per heavy atom. The number of hydrogen-bond donors (Lipinski definition) is 0. The van der Waals surface area contributed by atoms with Gasteiger partial charge in [0.1, 0.15) is 0 Å². The molecule has 0 aromatic heterocycles. The number of hydrogen-bond acceptors (Lipinski definition) is 2. The summed E-state index contributed by atoms with van der Waals surface area (Å²) in [4.78, 5) is 11.4. The normalized spacial score (nSPS) is 53.3. The van der Waals surface area contributed by atoms with Gasteiger partial charge in [0, 0.05) is 5.92 Å². The van der Waals surface area contributed by atoms with E-state index < -0.39 is 0 Å². The Morgan fingerprint density at radius 1 is 1.31 bits per heavy atom. The third kappa shape index (κ3) is 0.866. The second-order valence-electron chi connectivity index (χ2n) is 4.97. The lowest BCUT2D eigenvalue weighted by atomic mass is 9.50. The molecule has 2 nitrogen and oxygen atoms in total. The lowest BCUT2D eigenvalue weighted by Crippen LogP contribution is -2.52. The topological polar surface area (TPSA) is 26.3 Å². The van der Waals surface area contributed by atoms with Gasteiger partial charge in [0.2, 0.25) is 0 Å². The van der Waals surface area contributed by atoms with Crippen molar-refractivity contribution in [3.8, 4) is 0 Å². The van der Waals surface area contributed by atoms with Gasteiger partial charge in [0.15, 0.2) is 0 Å². The maximum absolute atomic E-state index is 11.4. The van der Waals surface area contributed by atoms with Crippen LogP contribution in [0.3, 0.4) is 0 Å². The van der Waals surface area contributed by atoms with Crippen LogP contribution in [0.2, 0.25) is 0 Å². The Kier molecular flexibility index (Phi) is 1.50. The molecule has 1 saturated heterocycles. The number of cyclic esters (lactones) is 1. The molecule has 0 aromatic rings. The molecule has 0 spiro atoms. The van der Waals surface area contributed by atoms with Gasteiger partial charge < -0.3 is 4.74 Å². The predicted molar refractivity (Wildman–Crippen MR) is 47.9 cm³/mol. The van der Waals surface area contributed by atoms with Gasteiger partial charge in [-0.25, -0.2) is 0 Å². The average Bonchev–Trinajstić information content (AvgIpc) is 2.37. The molecule has 3 fully saturated rings. The maximum Gasteiger partial charge on any atom is 0.309 e. The van der Waals surface area contributed by atoms with Crippen molar-refractivity contribution in [3.05, 3.63) is 0 Å². The fourth-order valence-electron chi connectivity index (χ4n) is 3.89. The Balaban J connectivity index is 1.84. The van der Waals surface area contributed by atoms with Crippen LogP contribution in [0.4, 0.5) is 0 Å². The SMILES string of the molecule is CC1CCCC2C3C(=O)OCC3C12. The number of fused-ring (bicyclic) bond motifs is 4. The number of rotatable bonds is 0. The highest BCUT2D eigenvalue weighted by atomic mass is 16.5. The standard InChI is InChI=1S/C11H16O2/c1-6-3-2-4-7-9(6)8-5-13-11(12)10(7)8/h6-10H,2-5H2,1H3. The maximum atomic E-state index is 11.4. The molecule has 72 valence electrons. The summed E-state index contributed by atoms with van der Waals surface area (Å²) in [7, 11) is 0. The first kappa shape index (κ1) is 7.84. The number of esters is 1. The molecule has 1 aliphatic heterocycles. The minimum Gasteiger partial charge on any atom is -0.465 e. The second-order valence-corrected chi connectivity index (χ2v) is 4.97. The summed E-state index contributed by atoms with van der Waals surface area (Å²) < 4.78 is 5.14. The fourth-order valence-corrected chi connectivity index (χ4v) is 3.89. The molecule has 2 saturated carbocycles. The highest BCUT2D eigenvalue weighted by Crippen LogP contribution is 2.58. The molecule has 0 radical (unpaired) electrons. The summed E-state index contributed by atoms with van der Waals surface area (Å²) in [5.41, 5.74) is 0. The van der Waals surface area contributed by atoms with E-state index in [4.69, 9.17) is 4.74 Å². The first-order valence-corrected chi connectivity index (χ1v) is 5.45. The van der Waals surface area contributed by atoms with Crippen LogP contribution in [-0.2, 0) is 9.53 Å². The highest BCUT2D eigenvalue weighted by Gasteiger charge is 2.60. The number of ether oxygens (including phenoxy) is 1. The van der Waals surface area contributed by atoms with E-state index in [1.807, 2.05) is 0 Å². The summed E-state index contributed by atoms with van der Waals surface area (Å²) in [6.45, 7) is 3.06. The summed E-state index contributed by atoms with van der Waals surface area (Å²) in [6, 6.07) is 0. The monoisotopic (exact) mass is 180 g/mol. The number of carbonyl (C=O) groups is 1. The molecular weight excluding hydrogens is 164 g/mol. The van der Waals surface area contributed by atoms with E-state index in [0.717, 1.165) is 18.4 Å². The van der Waals surface area contributed by atoms with Gasteiger partial charge in [0.25, 0.3) is 0 Å². The largest absolute Gasteiger partial charge is 0.465 e. The second kappa shape index (κ2) is 2.49. The molecule has 2 heteroatoms. The van der Waals surface area contributed by atoms with Crippen LogP contribution in [-0.4, -0.2) is 12.6 Å². The van der Waals surface area contributed by atoms with Crippen molar-refractivity contribution in [1.82, 2.24) is 0 Å². The zero-order chi connectivity index (χ0) is 9.00. The highest BCUT2D eigenvalue weighted by molar-refractivity contribution is 5.76. The molecule has 13 heavy (non-hydrogen) atoms. The van der Waals surface area contributed by atoms with Crippen LogP contribution >= 0.6 is 0 Å². The van der Waals surface area contributed by atoms with Crippen molar-refractivity contribution in [1.29, 1.82) is 0 Å². The van der Waals surface area contributed by atoms with Gasteiger partial charge in [-0.15, -0.1) is 0 Å². The molecule has 2 aliphatic carbocycles. The Bertz CT molecular complexity index is 248. The van der Waals surface area contributed by atoms with E-state index in [0.29, 0.717) is 17.8 Å². The first-order valence-electron chi connectivity index (χ1n) is 5.45. The molecule has 0 amide bonds. The van der Waals surface area contributed by atoms with Crippen LogP contribution in [0, 0.1) is 29.6 Å². The molecule has 5 atom stereocenters. The molecule has 3 rings (SSSR count). The van der Waals surface area contributed by atoms with Gasteiger partial charge in [0.05, 0.1) is 12.5 Å². The number of carbonyl (C=O) groups excluding carboxylic acids is 1. The van der Waals surface area contributed by atoms with Crippen molar-refractivity contribution in [3.63, 3.8) is 0 Å². The van der Waals surface area contributed by atoms with Crippen LogP contribution in [0.25, 0.3) is 0 Å². The van der Waals surface area contributed by atoms with Crippen LogP contribution in [0.15, 0.2) is 0 Å². The van der Waals surface area contributed by atoms with Crippen molar-refractivity contribution in [2.75, 3.05) is 6.61 Å². The van der Waals surface area contributed by atoms with Crippen LogP contribution in [0.1, 0.15) is 26.2 Å².